The first-order valence-electron chi connectivity index (χ1n) is 7.10. The fourth-order valence-corrected chi connectivity index (χ4v) is 3.10. The van der Waals surface area contributed by atoms with Crippen LogP contribution in [0.5, 0.6) is 0 Å². The molecular weight excluding hydrogens is 301 g/mol. The molecule has 1 fully saturated rings. The van der Waals surface area contributed by atoms with Crippen LogP contribution in [0, 0.1) is 5.92 Å². The van der Waals surface area contributed by atoms with E-state index in [1.54, 1.807) is 0 Å². The van der Waals surface area contributed by atoms with E-state index in [2.05, 4.69) is 10.2 Å². The summed E-state index contributed by atoms with van der Waals surface area (Å²) in [5.74, 6) is 0.320. The average Bonchev–Trinajstić information content (AvgIpc) is 2.39. The van der Waals surface area contributed by atoms with E-state index < -0.39 is 11.7 Å². The molecule has 0 bridgehead atoms. The first-order chi connectivity index (χ1) is 9.79. The lowest BCUT2D eigenvalue weighted by Gasteiger charge is -2.34. The first-order valence-corrected chi connectivity index (χ1v) is 7.47. The van der Waals surface area contributed by atoms with Crippen LogP contribution in [0.15, 0.2) is 18.2 Å². The van der Waals surface area contributed by atoms with Crippen molar-refractivity contribution in [3.63, 3.8) is 0 Å². The molecule has 1 aromatic rings. The van der Waals surface area contributed by atoms with Gasteiger partial charge in [0.25, 0.3) is 0 Å². The Bertz CT molecular complexity index is 490. The van der Waals surface area contributed by atoms with Gasteiger partial charge in [-0.2, -0.15) is 13.2 Å². The monoisotopic (exact) mass is 320 g/mol. The number of rotatable bonds is 3. The molecule has 0 amide bonds. The SMILES string of the molecule is CC(Nc1c(Cl)cccc1C(F)(F)F)C1CCCN(C)C1. The Morgan fingerprint density at radius 1 is 1.38 bits per heavy atom. The van der Waals surface area contributed by atoms with Crippen molar-refractivity contribution in [3.05, 3.63) is 28.8 Å². The second kappa shape index (κ2) is 6.44. The predicted molar refractivity (Wildman–Crippen MR) is 79.8 cm³/mol. The number of benzene rings is 1. The fraction of sp³-hybridized carbons (Fsp3) is 0.600. The molecule has 2 nitrogen and oxygen atoms in total. The second-order valence-corrected chi connectivity index (χ2v) is 6.16. The van der Waals surface area contributed by atoms with E-state index in [1.807, 2.05) is 14.0 Å². The van der Waals surface area contributed by atoms with Gasteiger partial charge < -0.3 is 10.2 Å². The van der Waals surface area contributed by atoms with Crippen molar-refractivity contribution in [2.24, 2.45) is 5.92 Å². The maximum atomic E-state index is 13.1. The van der Waals surface area contributed by atoms with Crippen molar-refractivity contribution in [2.45, 2.75) is 32.0 Å². The van der Waals surface area contributed by atoms with Crippen molar-refractivity contribution in [3.8, 4) is 0 Å². The number of nitrogens with zero attached hydrogens (tertiary/aromatic N) is 1. The Hall–Kier alpha value is -0.940. The van der Waals surface area contributed by atoms with Gasteiger partial charge in [0.1, 0.15) is 0 Å². The average molecular weight is 321 g/mol. The summed E-state index contributed by atoms with van der Waals surface area (Å²) in [6.07, 6.45) is -2.32. The second-order valence-electron chi connectivity index (χ2n) is 5.76. The summed E-state index contributed by atoms with van der Waals surface area (Å²) in [4.78, 5) is 2.21. The number of likely N-dealkylation sites (tertiary alicyclic amines) is 1. The molecule has 1 aliphatic rings. The van der Waals surface area contributed by atoms with Gasteiger partial charge in [0, 0.05) is 12.6 Å². The highest BCUT2D eigenvalue weighted by molar-refractivity contribution is 6.33. The van der Waals surface area contributed by atoms with Crippen molar-refractivity contribution in [2.75, 3.05) is 25.5 Å². The molecular formula is C15H20ClF3N2. The van der Waals surface area contributed by atoms with E-state index in [0.717, 1.165) is 32.0 Å². The molecule has 2 rings (SSSR count). The van der Waals surface area contributed by atoms with Gasteiger partial charge in [0.2, 0.25) is 0 Å². The summed E-state index contributed by atoms with van der Waals surface area (Å²) in [7, 11) is 2.04. The molecule has 0 aliphatic carbocycles. The molecule has 1 N–H and O–H groups in total. The van der Waals surface area contributed by atoms with Crippen LogP contribution in [-0.4, -0.2) is 31.1 Å². The molecule has 0 aromatic heterocycles. The van der Waals surface area contributed by atoms with Gasteiger partial charge in [-0.05, 0) is 51.4 Å². The molecule has 6 heteroatoms. The maximum absolute atomic E-state index is 13.1. The van der Waals surface area contributed by atoms with Gasteiger partial charge in [-0.1, -0.05) is 17.7 Å². The van der Waals surface area contributed by atoms with Gasteiger partial charge >= 0.3 is 6.18 Å². The van der Waals surface area contributed by atoms with Crippen LogP contribution in [-0.2, 0) is 6.18 Å². The smallest absolute Gasteiger partial charge is 0.381 e. The van der Waals surface area contributed by atoms with E-state index in [0.29, 0.717) is 5.92 Å². The molecule has 1 heterocycles. The lowest BCUT2D eigenvalue weighted by molar-refractivity contribution is -0.137. The largest absolute Gasteiger partial charge is 0.418 e. The van der Waals surface area contributed by atoms with Crippen molar-refractivity contribution >= 4 is 17.3 Å². The van der Waals surface area contributed by atoms with Crippen LogP contribution in [0.2, 0.25) is 5.02 Å². The van der Waals surface area contributed by atoms with Crippen LogP contribution < -0.4 is 5.32 Å². The van der Waals surface area contributed by atoms with Gasteiger partial charge in [-0.25, -0.2) is 0 Å². The molecule has 0 radical (unpaired) electrons. The third kappa shape index (κ3) is 4.04. The van der Waals surface area contributed by atoms with E-state index >= 15 is 0 Å². The highest BCUT2D eigenvalue weighted by Crippen LogP contribution is 2.39. The van der Waals surface area contributed by atoms with Gasteiger partial charge in [-0.15, -0.1) is 0 Å². The summed E-state index contributed by atoms with van der Waals surface area (Å²) in [5, 5.41) is 3.11. The quantitative estimate of drug-likeness (QED) is 0.882. The van der Waals surface area contributed by atoms with E-state index in [4.69, 9.17) is 11.6 Å². The molecule has 2 unspecified atom stereocenters. The number of alkyl halides is 3. The summed E-state index contributed by atoms with van der Waals surface area (Å²) in [6, 6.07) is 3.82. The van der Waals surface area contributed by atoms with Gasteiger partial charge in [0.05, 0.1) is 16.3 Å². The van der Waals surface area contributed by atoms with Crippen molar-refractivity contribution < 1.29 is 13.2 Å². The zero-order valence-corrected chi connectivity index (χ0v) is 12.9. The Labute approximate surface area is 128 Å². The normalized spacial score (nSPS) is 22.1. The van der Waals surface area contributed by atoms with Gasteiger partial charge in [0.15, 0.2) is 0 Å². The zero-order chi connectivity index (χ0) is 15.6. The number of nitrogens with one attached hydrogen (secondary N) is 1. The maximum Gasteiger partial charge on any atom is 0.418 e. The van der Waals surface area contributed by atoms with Crippen LogP contribution in [0.4, 0.5) is 18.9 Å². The van der Waals surface area contributed by atoms with Crippen molar-refractivity contribution in [1.82, 2.24) is 4.90 Å². The summed E-state index contributed by atoms with van der Waals surface area (Å²) in [5.41, 5.74) is -0.710. The molecule has 0 saturated carbocycles. The standard InChI is InChI=1S/C15H20ClF3N2/c1-10(11-5-4-8-21(2)9-11)20-14-12(15(17,18)19)6-3-7-13(14)16/h3,6-7,10-11,20H,4-5,8-9H2,1-2H3. The Morgan fingerprint density at radius 3 is 2.71 bits per heavy atom. The number of piperidine rings is 1. The highest BCUT2D eigenvalue weighted by Gasteiger charge is 2.35. The predicted octanol–water partition coefficient (Wildman–Crippen LogP) is 4.50. The highest BCUT2D eigenvalue weighted by atomic mass is 35.5. The first kappa shape index (κ1) is 16.4. The van der Waals surface area contributed by atoms with Crippen molar-refractivity contribution in [1.29, 1.82) is 0 Å². The van der Waals surface area contributed by atoms with E-state index in [1.165, 1.54) is 12.1 Å². The summed E-state index contributed by atoms with van der Waals surface area (Å²) < 4.78 is 39.2. The minimum Gasteiger partial charge on any atom is -0.381 e. The topological polar surface area (TPSA) is 15.3 Å². The Morgan fingerprint density at radius 2 is 2.10 bits per heavy atom. The zero-order valence-electron chi connectivity index (χ0n) is 12.2. The number of halogens is 4. The number of anilines is 1. The Balaban J connectivity index is 2.19. The molecule has 1 aliphatic heterocycles. The summed E-state index contributed by atoms with van der Waals surface area (Å²) >= 11 is 5.97. The van der Waals surface area contributed by atoms with Crippen LogP contribution in [0.3, 0.4) is 0 Å². The lowest BCUT2D eigenvalue weighted by Crippen LogP contribution is -2.40. The molecule has 1 aromatic carbocycles. The number of para-hydroxylation sites is 1. The van der Waals surface area contributed by atoms with Crippen LogP contribution >= 0.6 is 11.6 Å². The third-order valence-electron chi connectivity index (χ3n) is 4.06. The number of hydrogen-bond acceptors (Lipinski definition) is 2. The van der Waals surface area contributed by atoms with E-state index in [-0.39, 0.29) is 16.8 Å². The molecule has 0 spiro atoms. The summed E-state index contributed by atoms with van der Waals surface area (Å²) in [6.45, 7) is 3.86. The molecule has 21 heavy (non-hydrogen) atoms. The molecule has 1 saturated heterocycles. The fourth-order valence-electron chi connectivity index (χ4n) is 2.87. The minimum atomic E-state index is -4.41. The van der Waals surface area contributed by atoms with Crippen LogP contribution in [0.25, 0.3) is 0 Å². The number of hydrogen-bond donors (Lipinski definition) is 1. The third-order valence-corrected chi connectivity index (χ3v) is 4.37. The lowest BCUT2D eigenvalue weighted by atomic mass is 9.91. The van der Waals surface area contributed by atoms with E-state index in [9.17, 15) is 13.2 Å². The van der Waals surface area contributed by atoms with Crippen LogP contribution in [0.1, 0.15) is 25.3 Å². The molecule has 118 valence electrons. The molecule has 2 atom stereocenters. The Kier molecular flexibility index (Phi) is 5.04. The minimum absolute atomic E-state index is 0.00704. The van der Waals surface area contributed by atoms with Gasteiger partial charge in [-0.3, -0.25) is 0 Å².